The highest BCUT2D eigenvalue weighted by molar-refractivity contribution is 7.99. The van der Waals surface area contributed by atoms with Gasteiger partial charge in [-0.3, -0.25) is 9.36 Å². The minimum Gasteiger partial charge on any atom is -0.497 e. The summed E-state index contributed by atoms with van der Waals surface area (Å²) in [5.74, 6) is 1.69. The summed E-state index contributed by atoms with van der Waals surface area (Å²) < 4.78 is 7.19. The molecule has 3 aromatic carbocycles. The molecule has 8 heteroatoms. The number of halogens is 1. The molecule has 0 spiro atoms. The number of nitrogens with zero attached hydrogens (tertiary/aromatic N) is 3. The molecule has 0 unspecified atom stereocenters. The van der Waals surface area contributed by atoms with Crippen molar-refractivity contribution in [3.05, 3.63) is 95.0 Å². The fourth-order valence-electron chi connectivity index (χ4n) is 3.24. The van der Waals surface area contributed by atoms with Crippen molar-refractivity contribution >= 4 is 29.3 Å². The van der Waals surface area contributed by atoms with Crippen molar-refractivity contribution in [1.82, 2.24) is 20.1 Å². The van der Waals surface area contributed by atoms with E-state index in [1.165, 1.54) is 11.8 Å². The molecule has 0 saturated heterocycles. The van der Waals surface area contributed by atoms with Gasteiger partial charge in [0.15, 0.2) is 11.0 Å². The number of thioether (sulfide) groups is 1. The summed E-state index contributed by atoms with van der Waals surface area (Å²) in [7, 11) is 1.63. The number of amides is 1. The first-order valence-corrected chi connectivity index (χ1v) is 11.7. The first-order chi connectivity index (χ1) is 16.1. The predicted molar refractivity (Wildman–Crippen MR) is 132 cm³/mol. The van der Waals surface area contributed by atoms with Gasteiger partial charge in [0.2, 0.25) is 5.91 Å². The molecule has 0 radical (unpaired) electrons. The Bertz CT molecular complexity index is 1200. The molecule has 33 heavy (non-hydrogen) atoms. The summed E-state index contributed by atoms with van der Waals surface area (Å²) in [6.45, 7) is 1.05. The summed E-state index contributed by atoms with van der Waals surface area (Å²) in [6, 6.07) is 25.2. The number of aromatic nitrogens is 3. The number of rotatable bonds is 9. The Morgan fingerprint density at radius 1 is 0.970 bits per heavy atom. The molecule has 1 N–H and O–H groups in total. The molecule has 0 atom stereocenters. The lowest BCUT2D eigenvalue weighted by Crippen LogP contribution is -2.24. The number of benzene rings is 3. The topological polar surface area (TPSA) is 69.0 Å². The molecule has 4 rings (SSSR count). The van der Waals surface area contributed by atoms with E-state index in [2.05, 4.69) is 27.6 Å². The third-order valence-electron chi connectivity index (χ3n) is 4.98. The molecule has 6 nitrogen and oxygen atoms in total. The highest BCUT2D eigenvalue weighted by Crippen LogP contribution is 2.26. The normalized spacial score (nSPS) is 10.7. The Labute approximate surface area is 202 Å². The molecule has 4 aromatic rings. The predicted octanol–water partition coefficient (Wildman–Crippen LogP) is 5.06. The molecule has 1 aromatic heterocycles. The smallest absolute Gasteiger partial charge is 0.230 e. The molecule has 168 valence electrons. The van der Waals surface area contributed by atoms with Crippen LogP contribution in [0.15, 0.2) is 84.0 Å². The third-order valence-corrected chi connectivity index (χ3v) is 6.20. The van der Waals surface area contributed by atoms with Gasteiger partial charge in [0.25, 0.3) is 0 Å². The first-order valence-electron chi connectivity index (χ1n) is 10.4. The van der Waals surface area contributed by atoms with Crippen molar-refractivity contribution in [2.45, 2.75) is 18.2 Å². The van der Waals surface area contributed by atoms with Gasteiger partial charge in [0, 0.05) is 17.1 Å². The van der Waals surface area contributed by atoms with Crippen LogP contribution >= 0.6 is 23.4 Å². The summed E-state index contributed by atoms with van der Waals surface area (Å²) in [5.41, 5.74) is 3.04. The number of hydrogen-bond donors (Lipinski definition) is 1. The summed E-state index contributed by atoms with van der Waals surface area (Å²) in [5, 5.41) is 13.1. The van der Waals surface area contributed by atoms with Crippen LogP contribution in [0, 0.1) is 0 Å². The van der Waals surface area contributed by atoms with Crippen LogP contribution in [0.3, 0.4) is 0 Å². The monoisotopic (exact) mass is 478 g/mol. The Morgan fingerprint density at radius 3 is 2.39 bits per heavy atom. The van der Waals surface area contributed by atoms with Crippen LogP contribution < -0.4 is 10.1 Å². The van der Waals surface area contributed by atoms with Gasteiger partial charge in [0.1, 0.15) is 5.75 Å². The Morgan fingerprint density at radius 2 is 1.70 bits per heavy atom. The lowest BCUT2D eigenvalue weighted by molar-refractivity contribution is -0.118. The van der Waals surface area contributed by atoms with Gasteiger partial charge >= 0.3 is 0 Å². The van der Waals surface area contributed by atoms with Crippen molar-refractivity contribution in [2.24, 2.45) is 0 Å². The van der Waals surface area contributed by atoms with E-state index in [0.717, 1.165) is 28.3 Å². The maximum atomic E-state index is 12.5. The van der Waals surface area contributed by atoms with Gasteiger partial charge in [-0.2, -0.15) is 0 Å². The fraction of sp³-hybridized carbons (Fsp3) is 0.160. The van der Waals surface area contributed by atoms with Crippen LogP contribution in [-0.4, -0.2) is 33.5 Å². The zero-order valence-corrected chi connectivity index (χ0v) is 19.6. The maximum absolute atomic E-state index is 12.5. The van der Waals surface area contributed by atoms with E-state index >= 15 is 0 Å². The quantitative estimate of drug-likeness (QED) is 0.340. The van der Waals surface area contributed by atoms with Crippen molar-refractivity contribution < 1.29 is 9.53 Å². The minimum absolute atomic E-state index is 0.0712. The lowest BCUT2D eigenvalue weighted by Gasteiger charge is -2.11. The number of carbonyl (C=O) groups is 1. The van der Waals surface area contributed by atoms with Crippen molar-refractivity contribution in [2.75, 3.05) is 12.9 Å². The van der Waals surface area contributed by atoms with E-state index in [9.17, 15) is 4.79 Å². The molecule has 0 aliphatic heterocycles. The molecule has 0 fully saturated rings. The number of methoxy groups -OCH3 is 1. The van der Waals surface area contributed by atoms with Crippen molar-refractivity contribution in [3.63, 3.8) is 0 Å². The molecule has 1 amide bonds. The van der Waals surface area contributed by atoms with E-state index < -0.39 is 0 Å². The summed E-state index contributed by atoms with van der Waals surface area (Å²) in [4.78, 5) is 12.5. The Balaban J connectivity index is 1.45. The van der Waals surface area contributed by atoms with Crippen molar-refractivity contribution in [3.8, 4) is 17.1 Å². The number of hydrogen-bond acceptors (Lipinski definition) is 5. The highest BCUT2D eigenvalue weighted by Gasteiger charge is 2.16. The number of nitrogens with one attached hydrogen (secondary N) is 1. The largest absolute Gasteiger partial charge is 0.497 e. The molecule has 0 aliphatic rings. The van der Waals surface area contributed by atoms with E-state index in [4.69, 9.17) is 16.3 Å². The number of ether oxygens (including phenoxy) is 1. The highest BCUT2D eigenvalue weighted by atomic mass is 35.5. The second-order valence-corrected chi connectivity index (χ2v) is 8.68. The molecular weight excluding hydrogens is 456 g/mol. The van der Waals surface area contributed by atoms with Gasteiger partial charge in [-0.15, -0.1) is 10.2 Å². The van der Waals surface area contributed by atoms with Gasteiger partial charge in [-0.05, 0) is 47.5 Å². The molecule has 1 heterocycles. The summed E-state index contributed by atoms with van der Waals surface area (Å²) in [6.07, 6.45) is 0. The zero-order valence-electron chi connectivity index (χ0n) is 18.1. The van der Waals surface area contributed by atoms with E-state index in [1.54, 1.807) is 7.11 Å². The molecule has 0 bridgehead atoms. The van der Waals surface area contributed by atoms with Crippen LogP contribution in [-0.2, 0) is 17.9 Å². The standard InChI is InChI=1S/C25H23ClN4O2S/c1-32-22-13-7-18(8-14-22)15-27-23(31)17-33-25-29-28-24(20-9-11-21(26)12-10-20)30(25)16-19-5-3-2-4-6-19/h2-14H,15-17H2,1H3,(H,27,31). The van der Waals surface area contributed by atoms with Gasteiger partial charge in [0.05, 0.1) is 19.4 Å². The SMILES string of the molecule is COc1ccc(CNC(=O)CSc2nnc(-c3ccc(Cl)cc3)n2Cc2ccccc2)cc1. The maximum Gasteiger partial charge on any atom is 0.230 e. The van der Waals surface area contributed by atoms with Crippen LogP contribution in [0.1, 0.15) is 11.1 Å². The zero-order chi connectivity index (χ0) is 23.0. The van der Waals surface area contributed by atoms with Crippen molar-refractivity contribution in [1.29, 1.82) is 0 Å². The van der Waals surface area contributed by atoms with Crippen LogP contribution in [0.25, 0.3) is 11.4 Å². The van der Waals surface area contributed by atoms with Crippen LogP contribution in [0.2, 0.25) is 5.02 Å². The van der Waals surface area contributed by atoms with E-state index in [-0.39, 0.29) is 11.7 Å². The minimum atomic E-state index is -0.0712. The fourth-order valence-corrected chi connectivity index (χ4v) is 4.14. The molecule has 0 aliphatic carbocycles. The van der Waals surface area contributed by atoms with Gasteiger partial charge < -0.3 is 10.1 Å². The van der Waals surface area contributed by atoms with E-state index in [1.807, 2.05) is 71.3 Å². The first kappa shape index (κ1) is 22.9. The third kappa shape index (κ3) is 6.15. The van der Waals surface area contributed by atoms with Gasteiger partial charge in [-0.25, -0.2) is 0 Å². The molecule has 0 saturated carbocycles. The average Bonchev–Trinajstić information content (AvgIpc) is 3.25. The Kier molecular flexibility index (Phi) is 7.65. The van der Waals surface area contributed by atoms with Gasteiger partial charge in [-0.1, -0.05) is 65.8 Å². The van der Waals surface area contributed by atoms with Crippen LogP contribution in [0.5, 0.6) is 5.75 Å². The Hall–Kier alpha value is -3.29. The van der Waals surface area contributed by atoms with E-state index in [0.29, 0.717) is 23.3 Å². The molecular formula is C25H23ClN4O2S. The average molecular weight is 479 g/mol. The second-order valence-electron chi connectivity index (χ2n) is 7.30. The number of carbonyl (C=O) groups excluding carboxylic acids is 1. The second kappa shape index (κ2) is 11.0. The van der Waals surface area contributed by atoms with Crippen LogP contribution in [0.4, 0.5) is 0 Å². The lowest BCUT2D eigenvalue weighted by atomic mass is 10.2. The summed E-state index contributed by atoms with van der Waals surface area (Å²) >= 11 is 7.42.